The van der Waals surface area contributed by atoms with Crippen LogP contribution in [0.25, 0.3) is 5.65 Å². The minimum atomic E-state index is -0.373. The highest BCUT2D eigenvalue weighted by Gasteiger charge is 2.17. The number of carbonyl (C=O) groups excluding carboxylic acids is 1. The van der Waals surface area contributed by atoms with E-state index in [4.69, 9.17) is 4.74 Å². The molecule has 2 aromatic heterocycles. The normalized spacial score (nSPS) is 10.6. The lowest BCUT2D eigenvalue weighted by Crippen LogP contribution is -2.35. The van der Waals surface area contributed by atoms with Crippen molar-refractivity contribution in [3.8, 4) is 5.75 Å². The van der Waals surface area contributed by atoms with E-state index in [2.05, 4.69) is 4.98 Å². The van der Waals surface area contributed by atoms with E-state index >= 15 is 0 Å². The molecular formula is C19H19N3O3. The molecule has 0 saturated heterocycles. The van der Waals surface area contributed by atoms with Crippen molar-refractivity contribution in [2.75, 3.05) is 20.2 Å². The minimum Gasteiger partial charge on any atom is -0.491 e. The van der Waals surface area contributed by atoms with E-state index in [9.17, 15) is 9.59 Å². The Kier molecular flexibility index (Phi) is 4.79. The monoisotopic (exact) mass is 337 g/mol. The fourth-order valence-electron chi connectivity index (χ4n) is 2.49. The summed E-state index contributed by atoms with van der Waals surface area (Å²) in [7, 11) is 1.64. The number of benzene rings is 1. The number of carbonyl (C=O) groups is 1. The maximum Gasteiger partial charge on any atom is 0.270 e. The molecule has 25 heavy (non-hydrogen) atoms. The van der Waals surface area contributed by atoms with Gasteiger partial charge in [-0.3, -0.25) is 14.0 Å². The Morgan fingerprint density at radius 3 is 2.76 bits per heavy atom. The molecule has 3 aromatic rings. The molecule has 1 amide bonds. The van der Waals surface area contributed by atoms with Crippen LogP contribution in [-0.4, -0.2) is 40.4 Å². The maximum atomic E-state index is 12.5. The third-order valence-corrected chi connectivity index (χ3v) is 3.97. The highest BCUT2D eigenvalue weighted by Crippen LogP contribution is 2.15. The standard InChI is InChI=1S/C19H19N3O3/c1-14-7-3-4-8-16(14)25-12-11-21(2)18(23)15-13-20-17-9-5-6-10-22(17)19(15)24/h3-10,13H,11-12H2,1-2H3. The molecule has 0 N–H and O–H groups in total. The molecule has 0 bridgehead atoms. The Labute approximate surface area is 145 Å². The lowest BCUT2D eigenvalue weighted by molar-refractivity contribution is 0.0771. The summed E-state index contributed by atoms with van der Waals surface area (Å²) in [6.07, 6.45) is 2.93. The van der Waals surface area contributed by atoms with Gasteiger partial charge in [-0.25, -0.2) is 4.98 Å². The molecule has 0 aliphatic carbocycles. The van der Waals surface area contributed by atoms with E-state index < -0.39 is 0 Å². The van der Waals surface area contributed by atoms with Gasteiger partial charge in [-0.15, -0.1) is 0 Å². The lowest BCUT2D eigenvalue weighted by atomic mass is 10.2. The first-order chi connectivity index (χ1) is 12.1. The summed E-state index contributed by atoms with van der Waals surface area (Å²) in [4.78, 5) is 30.6. The number of rotatable bonds is 5. The number of para-hydroxylation sites is 1. The number of fused-ring (bicyclic) bond motifs is 1. The SMILES string of the molecule is Cc1ccccc1OCCN(C)C(=O)c1cnc2ccccn2c1=O. The van der Waals surface area contributed by atoms with Gasteiger partial charge in [0.2, 0.25) is 0 Å². The molecule has 3 rings (SSSR count). The first-order valence-electron chi connectivity index (χ1n) is 7.98. The number of ether oxygens (including phenoxy) is 1. The van der Waals surface area contributed by atoms with Gasteiger partial charge in [-0.2, -0.15) is 0 Å². The average molecular weight is 337 g/mol. The summed E-state index contributed by atoms with van der Waals surface area (Å²) in [5.74, 6) is 0.417. The van der Waals surface area contributed by atoms with Crippen LogP contribution in [0.4, 0.5) is 0 Å². The van der Waals surface area contributed by atoms with Gasteiger partial charge in [0.25, 0.3) is 11.5 Å². The van der Waals surface area contributed by atoms with Gasteiger partial charge in [0.1, 0.15) is 23.6 Å². The molecule has 0 aliphatic heterocycles. The van der Waals surface area contributed by atoms with Gasteiger partial charge in [-0.05, 0) is 30.7 Å². The Morgan fingerprint density at radius 2 is 1.96 bits per heavy atom. The molecule has 0 aliphatic rings. The molecule has 0 saturated carbocycles. The largest absolute Gasteiger partial charge is 0.491 e. The van der Waals surface area contributed by atoms with Crippen molar-refractivity contribution >= 4 is 11.6 Å². The smallest absolute Gasteiger partial charge is 0.270 e. The fraction of sp³-hybridized carbons (Fsp3) is 0.211. The predicted octanol–water partition coefficient (Wildman–Crippen LogP) is 2.15. The van der Waals surface area contributed by atoms with Crippen molar-refractivity contribution < 1.29 is 9.53 Å². The van der Waals surface area contributed by atoms with E-state index in [0.29, 0.717) is 18.8 Å². The molecule has 0 fully saturated rings. The Balaban J connectivity index is 1.69. The predicted molar refractivity (Wildman–Crippen MR) is 95.1 cm³/mol. The van der Waals surface area contributed by atoms with Crippen LogP contribution in [-0.2, 0) is 0 Å². The number of pyridine rings is 1. The molecule has 6 heteroatoms. The van der Waals surface area contributed by atoms with Crippen LogP contribution in [0.3, 0.4) is 0 Å². The van der Waals surface area contributed by atoms with Gasteiger partial charge in [0.05, 0.1) is 6.54 Å². The summed E-state index contributed by atoms with van der Waals surface area (Å²) in [6, 6.07) is 12.9. The molecule has 2 heterocycles. The highest BCUT2D eigenvalue weighted by atomic mass is 16.5. The molecule has 0 spiro atoms. The first-order valence-corrected chi connectivity index (χ1v) is 7.98. The summed E-state index contributed by atoms with van der Waals surface area (Å²) in [5.41, 5.74) is 1.22. The number of aromatic nitrogens is 2. The van der Waals surface area contributed by atoms with Gasteiger partial charge in [0, 0.05) is 19.4 Å². The first kappa shape index (κ1) is 16.7. The maximum absolute atomic E-state index is 12.5. The van der Waals surface area contributed by atoms with Crippen molar-refractivity contribution in [2.45, 2.75) is 6.92 Å². The number of likely N-dealkylation sites (N-methyl/N-ethyl adjacent to an activating group) is 1. The molecule has 6 nitrogen and oxygen atoms in total. The van der Waals surface area contributed by atoms with E-state index in [0.717, 1.165) is 11.3 Å². The van der Waals surface area contributed by atoms with Crippen LogP contribution in [0.2, 0.25) is 0 Å². The van der Waals surface area contributed by atoms with Crippen LogP contribution in [0.15, 0.2) is 59.7 Å². The molecule has 128 valence electrons. The molecular weight excluding hydrogens is 318 g/mol. The zero-order valence-corrected chi connectivity index (χ0v) is 14.2. The van der Waals surface area contributed by atoms with Crippen LogP contribution in [0.1, 0.15) is 15.9 Å². The third kappa shape index (κ3) is 3.52. The van der Waals surface area contributed by atoms with E-state index in [1.54, 1.807) is 31.4 Å². The second-order valence-electron chi connectivity index (χ2n) is 5.75. The van der Waals surface area contributed by atoms with Gasteiger partial charge < -0.3 is 9.64 Å². The minimum absolute atomic E-state index is 0.0436. The number of hydrogen-bond donors (Lipinski definition) is 0. The van der Waals surface area contributed by atoms with Gasteiger partial charge in [-0.1, -0.05) is 24.3 Å². The van der Waals surface area contributed by atoms with Crippen molar-refractivity contribution in [2.24, 2.45) is 0 Å². The van der Waals surface area contributed by atoms with Crippen molar-refractivity contribution in [1.82, 2.24) is 14.3 Å². The van der Waals surface area contributed by atoms with Gasteiger partial charge >= 0.3 is 0 Å². The number of aryl methyl sites for hydroxylation is 1. The fourth-order valence-corrected chi connectivity index (χ4v) is 2.49. The topological polar surface area (TPSA) is 63.9 Å². The molecule has 0 radical (unpaired) electrons. The quantitative estimate of drug-likeness (QED) is 0.716. The number of amides is 1. The number of nitrogens with zero attached hydrogens (tertiary/aromatic N) is 3. The second kappa shape index (κ2) is 7.17. The van der Waals surface area contributed by atoms with Crippen molar-refractivity contribution in [1.29, 1.82) is 0 Å². The summed E-state index contributed by atoms with van der Waals surface area (Å²) >= 11 is 0. The zero-order chi connectivity index (χ0) is 17.8. The summed E-state index contributed by atoms with van der Waals surface area (Å²) < 4.78 is 7.07. The lowest BCUT2D eigenvalue weighted by Gasteiger charge is -2.17. The van der Waals surface area contributed by atoms with Crippen molar-refractivity contribution in [3.05, 3.63) is 76.3 Å². The van der Waals surface area contributed by atoms with E-state index in [1.165, 1.54) is 15.5 Å². The summed E-state index contributed by atoms with van der Waals surface area (Å²) in [5, 5.41) is 0. The summed E-state index contributed by atoms with van der Waals surface area (Å²) in [6.45, 7) is 2.67. The Morgan fingerprint density at radius 1 is 1.20 bits per heavy atom. The van der Waals surface area contributed by atoms with E-state index in [1.807, 2.05) is 31.2 Å². The second-order valence-corrected chi connectivity index (χ2v) is 5.75. The Bertz CT molecular complexity index is 965. The number of hydrogen-bond acceptors (Lipinski definition) is 4. The highest BCUT2D eigenvalue weighted by molar-refractivity contribution is 5.93. The zero-order valence-electron chi connectivity index (χ0n) is 14.2. The van der Waals surface area contributed by atoms with E-state index in [-0.39, 0.29) is 17.0 Å². The molecule has 1 aromatic carbocycles. The van der Waals surface area contributed by atoms with Gasteiger partial charge in [0.15, 0.2) is 0 Å². The Hall–Kier alpha value is -3.15. The van der Waals surface area contributed by atoms with Crippen molar-refractivity contribution in [3.63, 3.8) is 0 Å². The van der Waals surface area contributed by atoms with Crippen LogP contribution >= 0.6 is 0 Å². The third-order valence-electron chi connectivity index (χ3n) is 3.97. The van der Waals surface area contributed by atoms with Crippen LogP contribution in [0.5, 0.6) is 5.75 Å². The average Bonchev–Trinajstić information content (AvgIpc) is 2.63. The van der Waals surface area contributed by atoms with Crippen LogP contribution in [0, 0.1) is 6.92 Å². The molecule has 0 atom stereocenters. The molecule has 0 unspecified atom stereocenters. The van der Waals surface area contributed by atoms with Crippen LogP contribution < -0.4 is 10.3 Å².